The van der Waals surface area contributed by atoms with Crippen molar-refractivity contribution in [2.24, 2.45) is 0 Å². The van der Waals surface area contributed by atoms with Gasteiger partial charge in [-0.15, -0.1) is 6.58 Å². The summed E-state index contributed by atoms with van der Waals surface area (Å²) in [5.74, 6) is 0. The summed E-state index contributed by atoms with van der Waals surface area (Å²) in [6.45, 7) is 8.30. The molecule has 1 N–H and O–H groups in total. The van der Waals surface area contributed by atoms with Gasteiger partial charge in [0.25, 0.3) is 0 Å². The van der Waals surface area contributed by atoms with E-state index in [9.17, 15) is 0 Å². The van der Waals surface area contributed by atoms with Gasteiger partial charge in [0.05, 0.1) is 0 Å². The second-order valence-corrected chi connectivity index (χ2v) is 5.05. The molecule has 1 aromatic rings. The largest absolute Gasteiger partial charge is 0.307 e. The van der Waals surface area contributed by atoms with Crippen LogP contribution in [0.1, 0.15) is 57.6 Å². The number of nitrogens with one attached hydrogen (secondary N) is 1. The van der Waals surface area contributed by atoms with Gasteiger partial charge < -0.3 is 5.32 Å². The molecule has 1 nitrogen and oxygen atoms in total. The van der Waals surface area contributed by atoms with Crippen LogP contribution >= 0.6 is 0 Å². The van der Waals surface area contributed by atoms with Crippen LogP contribution in [-0.2, 0) is 0 Å². The van der Waals surface area contributed by atoms with Crippen LogP contribution in [0.4, 0.5) is 0 Å². The van der Waals surface area contributed by atoms with Crippen molar-refractivity contribution in [3.05, 3.63) is 48.6 Å². The fraction of sp³-hybridized carbons (Fsp3) is 0.529. The predicted octanol–water partition coefficient (Wildman–Crippen LogP) is 4.86. The lowest BCUT2D eigenvalue weighted by Crippen LogP contribution is -2.30. The maximum absolute atomic E-state index is 3.82. The molecule has 2 unspecified atom stereocenters. The first-order chi connectivity index (χ1) is 8.77. The van der Waals surface area contributed by atoms with Crippen LogP contribution in [0.15, 0.2) is 43.0 Å². The van der Waals surface area contributed by atoms with Gasteiger partial charge in [-0.25, -0.2) is 0 Å². The van der Waals surface area contributed by atoms with Crippen molar-refractivity contribution >= 4 is 0 Å². The zero-order valence-electron chi connectivity index (χ0n) is 11.9. The Morgan fingerprint density at radius 1 is 1.22 bits per heavy atom. The van der Waals surface area contributed by atoms with Gasteiger partial charge in [-0.2, -0.15) is 0 Å². The lowest BCUT2D eigenvalue weighted by Gasteiger charge is -2.23. The Morgan fingerprint density at radius 2 is 1.94 bits per heavy atom. The minimum absolute atomic E-state index is 0.479. The maximum Gasteiger partial charge on any atom is 0.0322 e. The van der Waals surface area contributed by atoms with Crippen molar-refractivity contribution in [3.8, 4) is 0 Å². The molecule has 18 heavy (non-hydrogen) atoms. The Labute approximate surface area is 112 Å². The van der Waals surface area contributed by atoms with Crippen molar-refractivity contribution in [1.82, 2.24) is 5.32 Å². The Morgan fingerprint density at radius 3 is 2.56 bits per heavy atom. The number of benzene rings is 1. The van der Waals surface area contributed by atoms with E-state index in [1.165, 1.54) is 31.2 Å². The molecule has 0 aliphatic heterocycles. The van der Waals surface area contributed by atoms with Gasteiger partial charge in [-0.1, -0.05) is 62.6 Å². The van der Waals surface area contributed by atoms with E-state index in [4.69, 9.17) is 0 Å². The third-order valence-electron chi connectivity index (χ3n) is 3.30. The van der Waals surface area contributed by atoms with E-state index in [1.54, 1.807) is 0 Å². The monoisotopic (exact) mass is 245 g/mol. The molecule has 1 rings (SSSR count). The van der Waals surface area contributed by atoms with Crippen LogP contribution in [0, 0.1) is 0 Å². The van der Waals surface area contributed by atoms with Gasteiger partial charge in [0.15, 0.2) is 0 Å². The molecule has 0 spiro atoms. The predicted molar refractivity (Wildman–Crippen MR) is 80.7 cm³/mol. The van der Waals surface area contributed by atoms with Crippen LogP contribution in [0.25, 0.3) is 0 Å². The standard InChI is InChI=1S/C17H27N/c1-4-6-8-14-17(18-15(3)11-5-2)16-12-9-7-10-13-16/h5,7,9-10,12-13,15,17-18H,2,4,6,8,11,14H2,1,3H3. The van der Waals surface area contributed by atoms with Crippen molar-refractivity contribution < 1.29 is 0 Å². The van der Waals surface area contributed by atoms with Crippen LogP contribution < -0.4 is 5.32 Å². The summed E-state index contributed by atoms with van der Waals surface area (Å²) in [6.07, 6.45) is 8.14. The highest BCUT2D eigenvalue weighted by molar-refractivity contribution is 5.19. The van der Waals surface area contributed by atoms with Crippen LogP contribution in [0.2, 0.25) is 0 Å². The summed E-state index contributed by atoms with van der Waals surface area (Å²) >= 11 is 0. The summed E-state index contributed by atoms with van der Waals surface area (Å²) in [4.78, 5) is 0. The molecule has 0 amide bonds. The van der Waals surface area contributed by atoms with Crippen molar-refractivity contribution in [2.75, 3.05) is 0 Å². The summed E-state index contributed by atoms with van der Waals surface area (Å²) in [7, 11) is 0. The fourth-order valence-electron chi connectivity index (χ4n) is 2.29. The molecule has 2 atom stereocenters. The first kappa shape index (κ1) is 15.0. The normalized spacial score (nSPS) is 14.1. The first-order valence-electron chi connectivity index (χ1n) is 7.19. The fourth-order valence-corrected chi connectivity index (χ4v) is 2.29. The van der Waals surface area contributed by atoms with Gasteiger partial charge in [0, 0.05) is 12.1 Å². The lowest BCUT2D eigenvalue weighted by molar-refractivity contribution is 0.421. The zero-order valence-corrected chi connectivity index (χ0v) is 11.9. The van der Waals surface area contributed by atoms with E-state index in [2.05, 4.69) is 56.1 Å². The van der Waals surface area contributed by atoms with E-state index >= 15 is 0 Å². The van der Waals surface area contributed by atoms with E-state index < -0.39 is 0 Å². The van der Waals surface area contributed by atoms with Gasteiger partial charge in [0.1, 0.15) is 0 Å². The minimum atomic E-state index is 0.479. The highest BCUT2D eigenvalue weighted by atomic mass is 14.9. The molecule has 0 heterocycles. The molecule has 100 valence electrons. The highest BCUT2D eigenvalue weighted by Crippen LogP contribution is 2.20. The van der Waals surface area contributed by atoms with Crippen molar-refractivity contribution in [3.63, 3.8) is 0 Å². The number of hydrogen-bond donors (Lipinski definition) is 1. The average Bonchev–Trinajstić information content (AvgIpc) is 2.39. The molecule has 0 bridgehead atoms. The van der Waals surface area contributed by atoms with Gasteiger partial charge in [-0.05, 0) is 25.3 Å². The van der Waals surface area contributed by atoms with Crippen LogP contribution in [0.5, 0.6) is 0 Å². The highest BCUT2D eigenvalue weighted by Gasteiger charge is 2.12. The second-order valence-electron chi connectivity index (χ2n) is 5.05. The quantitative estimate of drug-likeness (QED) is 0.484. The van der Waals surface area contributed by atoms with Gasteiger partial charge in [0.2, 0.25) is 0 Å². The first-order valence-corrected chi connectivity index (χ1v) is 7.19. The van der Waals surface area contributed by atoms with Crippen molar-refractivity contribution in [2.45, 2.75) is 58.0 Å². The van der Waals surface area contributed by atoms with E-state index in [-0.39, 0.29) is 0 Å². The van der Waals surface area contributed by atoms with E-state index in [0.29, 0.717) is 12.1 Å². The third-order valence-corrected chi connectivity index (χ3v) is 3.30. The number of hydrogen-bond acceptors (Lipinski definition) is 1. The molecule has 0 saturated heterocycles. The SMILES string of the molecule is C=CCC(C)NC(CCCCC)c1ccccc1. The smallest absolute Gasteiger partial charge is 0.0322 e. The topological polar surface area (TPSA) is 12.0 Å². The average molecular weight is 245 g/mol. The molecule has 0 saturated carbocycles. The van der Waals surface area contributed by atoms with Crippen LogP contribution in [-0.4, -0.2) is 6.04 Å². The van der Waals surface area contributed by atoms with Gasteiger partial charge in [-0.3, -0.25) is 0 Å². The summed E-state index contributed by atoms with van der Waals surface area (Å²) in [6, 6.07) is 11.8. The molecular formula is C17H27N. The van der Waals surface area contributed by atoms with E-state index in [1.807, 2.05) is 6.08 Å². The third kappa shape index (κ3) is 5.50. The summed E-state index contributed by atoms with van der Waals surface area (Å²) in [5, 5.41) is 3.72. The van der Waals surface area contributed by atoms with E-state index in [0.717, 1.165) is 6.42 Å². The Balaban J connectivity index is 2.60. The summed E-state index contributed by atoms with van der Waals surface area (Å²) < 4.78 is 0. The molecule has 0 radical (unpaired) electrons. The molecule has 0 aliphatic rings. The molecule has 0 aliphatic carbocycles. The molecular weight excluding hydrogens is 218 g/mol. The second kappa shape index (κ2) is 8.93. The molecule has 0 fully saturated rings. The number of unbranched alkanes of at least 4 members (excludes halogenated alkanes) is 2. The Hall–Kier alpha value is -1.08. The zero-order chi connectivity index (χ0) is 13.2. The molecule has 1 heteroatoms. The molecule has 0 aromatic heterocycles. The van der Waals surface area contributed by atoms with Crippen molar-refractivity contribution in [1.29, 1.82) is 0 Å². The van der Waals surface area contributed by atoms with Gasteiger partial charge >= 0.3 is 0 Å². The molecule has 1 aromatic carbocycles. The van der Waals surface area contributed by atoms with Crippen LogP contribution in [0.3, 0.4) is 0 Å². The summed E-state index contributed by atoms with van der Waals surface area (Å²) in [5.41, 5.74) is 1.41. The Bertz CT molecular complexity index is 318. The minimum Gasteiger partial charge on any atom is -0.307 e. The lowest BCUT2D eigenvalue weighted by atomic mass is 9.99. The number of rotatable bonds is 9. The maximum atomic E-state index is 3.82. The Kier molecular flexibility index (Phi) is 7.43.